The van der Waals surface area contributed by atoms with Gasteiger partial charge in [-0.1, -0.05) is 12.1 Å². The summed E-state index contributed by atoms with van der Waals surface area (Å²) in [5, 5.41) is 3.40. The standard InChI is InChI=1S/C14H23N3O2S/c1-12-10-17(8-7-15-12)11-13-5-4-6-14(9-13)20(18,19)16(2)3/h4-6,9,12,15H,7-8,10-11H2,1-3H3/t12-/m0/s1. The Kier molecular flexibility index (Phi) is 4.80. The lowest BCUT2D eigenvalue weighted by Crippen LogP contribution is -2.48. The second-order valence-electron chi connectivity index (χ2n) is 5.53. The number of sulfonamides is 1. The van der Waals surface area contributed by atoms with Crippen molar-refractivity contribution in [2.75, 3.05) is 33.7 Å². The topological polar surface area (TPSA) is 52.7 Å². The monoisotopic (exact) mass is 297 g/mol. The van der Waals surface area contributed by atoms with Crippen molar-refractivity contribution < 1.29 is 8.42 Å². The predicted octanol–water partition coefficient (Wildman–Crippen LogP) is 0.731. The van der Waals surface area contributed by atoms with E-state index < -0.39 is 10.0 Å². The molecule has 0 amide bonds. The van der Waals surface area contributed by atoms with Crippen molar-refractivity contribution in [3.63, 3.8) is 0 Å². The highest BCUT2D eigenvalue weighted by atomic mass is 32.2. The van der Waals surface area contributed by atoms with E-state index in [0.29, 0.717) is 10.9 Å². The first kappa shape index (κ1) is 15.4. The fraction of sp³-hybridized carbons (Fsp3) is 0.571. The van der Waals surface area contributed by atoms with Crippen LogP contribution in [-0.2, 0) is 16.6 Å². The van der Waals surface area contributed by atoms with Crippen LogP contribution in [-0.4, -0.2) is 57.4 Å². The van der Waals surface area contributed by atoms with Crippen LogP contribution >= 0.6 is 0 Å². The normalized spacial score (nSPS) is 21.3. The van der Waals surface area contributed by atoms with E-state index >= 15 is 0 Å². The number of benzene rings is 1. The molecule has 0 radical (unpaired) electrons. The Hall–Kier alpha value is -0.950. The molecule has 6 heteroatoms. The molecule has 2 rings (SSSR count). The highest BCUT2D eigenvalue weighted by Gasteiger charge is 2.19. The third kappa shape index (κ3) is 3.58. The van der Waals surface area contributed by atoms with Gasteiger partial charge in [0.25, 0.3) is 0 Å². The number of rotatable bonds is 4. The largest absolute Gasteiger partial charge is 0.312 e. The maximum atomic E-state index is 12.1. The molecule has 1 saturated heterocycles. The van der Waals surface area contributed by atoms with Gasteiger partial charge in [0, 0.05) is 46.3 Å². The van der Waals surface area contributed by atoms with Gasteiger partial charge in [-0.25, -0.2) is 12.7 Å². The third-order valence-electron chi connectivity index (χ3n) is 3.54. The zero-order chi connectivity index (χ0) is 14.8. The number of nitrogens with zero attached hydrogens (tertiary/aromatic N) is 2. The average Bonchev–Trinajstić information content (AvgIpc) is 2.39. The van der Waals surface area contributed by atoms with Crippen LogP contribution < -0.4 is 5.32 Å². The van der Waals surface area contributed by atoms with E-state index in [2.05, 4.69) is 17.1 Å². The smallest absolute Gasteiger partial charge is 0.242 e. The van der Waals surface area contributed by atoms with Gasteiger partial charge >= 0.3 is 0 Å². The molecule has 112 valence electrons. The Morgan fingerprint density at radius 2 is 2.15 bits per heavy atom. The van der Waals surface area contributed by atoms with Crippen molar-refractivity contribution in [2.24, 2.45) is 0 Å². The molecule has 0 aromatic heterocycles. The first-order valence-corrected chi connectivity index (χ1v) is 8.31. The van der Waals surface area contributed by atoms with Gasteiger partial charge in [0.1, 0.15) is 0 Å². The highest BCUT2D eigenvalue weighted by Crippen LogP contribution is 2.16. The minimum atomic E-state index is -3.35. The highest BCUT2D eigenvalue weighted by molar-refractivity contribution is 7.89. The van der Waals surface area contributed by atoms with Crippen LogP contribution in [0, 0.1) is 0 Å². The molecule has 1 aromatic carbocycles. The Labute approximate surface area is 121 Å². The maximum Gasteiger partial charge on any atom is 0.242 e. The summed E-state index contributed by atoms with van der Waals surface area (Å²) >= 11 is 0. The molecule has 0 spiro atoms. The van der Waals surface area contributed by atoms with Gasteiger partial charge in [0.2, 0.25) is 10.0 Å². The van der Waals surface area contributed by atoms with Gasteiger partial charge in [0.05, 0.1) is 4.90 Å². The molecule has 1 aromatic rings. The first-order chi connectivity index (χ1) is 9.39. The zero-order valence-corrected chi connectivity index (χ0v) is 13.2. The van der Waals surface area contributed by atoms with Crippen molar-refractivity contribution in [2.45, 2.75) is 24.4 Å². The van der Waals surface area contributed by atoms with Crippen molar-refractivity contribution in [1.29, 1.82) is 0 Å². The lowest BCUT2D eigenvalue weighted by atomic mass is 10.1. The molecule has 20 heavy (non-hydrogen) atoms. The van der Waals surface area contributed by atoms with Crippen molar-refractivity contribution in [1.82, 2.24) is 14.5 Å². The van der Waals surface area contributed by atoms with E-state index in [1.807, 2.05) is 12.1 Å². The van der Waals surface area contributed by atoms with Crippen LogP contribution in [0.15, 0.2) is 29.2 Å². The summed E-state index contributed by atoms with van der Waals surface area (Å²) in [4.78, 5) is 2.71. The van der Waals surface area contributed by atoms with Gasteiger partial charge in [-0.3, -0.25) is 4.90 Å². The summed E-state index contributed by atoms with van der Waals surface area (Å²) < 4.78 is 25.5. The molecule has 1 atom stereocenters. The van der Waals surface area contributed by atoms with Crippen LogP contribution in [0.1, 0.15) is 12.5 Å². The SMILES string of the molecule is C[C@H]1CN(Cc2cccc(S(=O)(=O)N(C)C)c2)CCN1. The second-order valence-corrected chi connectivity index (χ2v) is 7.68. The van der Waals surface area contributed by atoms with E-state index in [1.54, 1.807) is 26.2 Å². The van der Waals surface area contributed by atoms with Gasteiger partial charge in [-0.05, 0) is 24.6 Å². The minimum absolute atomic E-state index is 0.364. The summed E-state index contributed by atoms with van der Waals surface area (Å²) in [6.07, 6.45) is 0. The van der Waals surface area contributed by atoms with Crippen molar-refractivity contribution in [3.05, 3.63) is 29.8 Å². The second kappa shape index (κ2) is 6.22. The molecule has 0 bridgehead atoms. The van der Waals surface area contributed by atoms with Gasteiger partial charge in [-0.2, -0.15) is 0 Å². The van der Waals surface area contributed by atoms with Crippen LogP contribution in [0.25, 0.3) is 0 Å². The van der Waals surface area contributed by atoms with E-state index in [9.17, 15) is 8.42 Å². The Morgan fingerprint density at radius 3 is 2.80 bits per heavy atom. The van der Waals surface area contributed by atoms with Crippen molar-refractivity contribution in [3.8, 4) is 0 Å². The lowest BCUT2D eigenvalue weighted by Gasteiger charge is -2.31. The van der Waals surface area contributed by atoms with E-state index in [0.717, 1.165) is 31.7 Å². The van der Waals surface area contributed by atoms with E-state index in [-0.39, 0.29) is 0 Å². The summed E-state index contributed by atoms with van der Waals surface area (Å²) in [6, 6.07) is 7.72. The van der Waals surface area contributed by atoms with Gasteiger partial charge < -0.3 is 5.32 Å². The lowest BCUT2D eigenvalue weighted by molar-refractivity contribution is 0.199. The zero-order valence-electron chi connectivity index (χ0n) is 12.3. The molecule has 0 aliphatic carbocycles. The number of piperazine rings is 1. The van der Waals surface area contributed by atoms with Crippen LogP contribution in [0.2, 0.25) is 0 Å². The predicted molar refractivity (Wildman–Crippen MR) is 80.1 cm³/mol. The van der Waals surface area contributed by atoms with Crippen LogP contribution in [0.5, 0.6) is 0 Å². The number of hydrogen-bond donors (Lipinski definition) is 1. The maximum absolute atomic E-state index is 12.1. The first-order valence-electron chi connectivity index (χ1n) is 6.87. The van der Waals surface area contributed by atoms with Crippen LogP contribution in [0.4, 0.5) is 0 Å². The molecule has 5 nitrogen and oxygen atoms in total. The molecular weight excluding hydrogens is 274 g/mol. The average molecular weight is 297 g/mol. The summed E-state index contributed by atoms with van der Waals surface area (Å²) in [5.41, 5.74) is 1.04. The van der Waals surface area contributed by atoms with Crippen LogP contribution in [0.3, 0.4) is 0 Å². The molecule has 1 N–H and O–H groups in total. The van der Waals surface area contributed by atoms with Gasteiger partial charge in [-0.15, -0.1) is 0 Å². The number of nitrogens with one attached hydrogen (secondary N) is 1. The molecular formula is C14H23N3O2S. The van der Waals surface area contributed by atoms with Crippen molar-refractivity contribution >= 4 is 10.0 Å². The van der Waals surface area contributed by atoms with Gasteiger partial charge in [0.15, 0.2) is 0 Å². The third-order valence-corrected chi connectivity index (χ3v) is 5.35. The Bertz CT molecular complexity index is 557. The fourth-order valence-electron chi connectivity index (χ4n) is 2.43. The minimum Gasteiger partial charge on any atom is -0.312 e. The molecule has 1 aliphatic rings. The quantitative estimate of drug-likeness (QED) is 0.890. The fourth-order valence-corrected chi connectivity index (χ4v) is 3.40. The molecule has 0 saturated carbocycles. The Balaban J connectivity index is 2.14. The van der Waals surface area contributed by atoms with E-state index in [4.69, 9.17) is 0 Å². The summed E-state index contributed by atoms with van der Waals surface area (Å²) in [5.74, 6) is 0. The Morgan fingerprint density at radius 1 is 1.40 bits per heavy atom. The summed E-state index contributed by atoms with van der Waals surface area (Å²) in [6.45, 7) is 5.93. The van der Waals surface area contributed by atoms with E-state index in [1.165, 1.54) is 4.31 Å². The molecule has 1 heterocycles. The molecule has 1 aliphatic heterocycles. The number of hydrogen-bond acceptors (Lipinski definition) is 4. The molecule has 0 unspecified atom stereocenters. The molecule has 1 fully saturated rings. The summed E-state index contributed by atoms with van der Waals surface area (Å²) in [7, 11) is -0.237.